The molecule has 0 saturated carbocycles. The Morgan fingerprint density at radius 3 is 2.82 bits per heavy atom. The van der Waals surface area contributed by atoms with Crippen molar-refractivity contribution in [1.82, 2.24) is 5.01 Å². The van der Waals surface area contributed by atoms with Crippen LogP contribution in [0, 0.1) is 5.92 Å². The number of carbonyl (C=O) groups excluding carboxylic acids is 1. The van der Waals surface area contributed by atoms with Crippen LogP contribution in [0.5, 0.6) is 0 Å². The molecule has 0 spiro atoms. The maximum Gasteiger partial charge on any atom is 0.239 e. The fourth-order valence-electron chi connectivity index (χ4n) is 1.40. The Morgan fingerprint density at radius 2 is 2.36 bits per heavy atom. The molecule has 1 saturated heterocycles. The van der Waals surface area contributed by atoms with E-state index in [1.807, 2.05) is 0 Å². The van der Waals surface area contributed by atoms with Crippen LogP contribution in [0.1, 0.15) is 19.3 Å². The average molecular weight is 157 g/mol. The van der Waals surface area contributed by atoms with Crippen LogP contribution in [0.3, 0.4) is 0 Å². The van der Waals surface area contributed by atoms with Gasteiger partial charge in [-0.3, -0.25) is 9.80 Å². The van der Waals surface area contributed by atoms with Crippen LogP contribution in [-0.4, -0.2) is 24.0 Å². The number of amides is 1. The third kappa shape index (κ3) is 1.91. The summed E-state index contributed by atoms with van der Waals surface area (Å²) in [5.41, 5.74) is 5.33. The van der Waals surface area contributed by atoms with Crippen molar-refractivity contribution in [3.63, 3.8) is 0 Å². The highest BCUT2D eigenvalue weighted by Crippen LogP contribution is 2.19. The quantitative estimate of drug-likeness (QED) is 0.426. The van der Waals surface area contributed by atoms with E-state index in [9.17, 15) is 4.79 Å². The normalized spacial score (nSPS) is 24.7. The molecule has 0 aromatic rings. The minimum atomic E-state index is 0.0819. The van der Waals surface area contributed by atoms with Crippen molar-refractivity contribution < 1.29 is 4.79 Å². The summed E-state index contributed by atoms with van der Waals surface area (Å²) in [5, 5.41) is 1.31. The zero-order valence-electron chi connectivity index (χ0n) is 6.62. The molecule has 1 aliphatic heterocycles. The Bertz CT molecular complexity index is 149. The van der Waals surface area contributed by atoms with Gasteiger partial charge in [0, 0.05) is 12.5 Å². The molecule has 0 aliphatic carbocycles. The first-order valence-electron chi connectivity index (χ1n) is 4.02. The Kier molecular flexibility index (Phi) is 2.84. The highest BCUT2D eigenvalue weighted by atomic mass is 16.2. The summed E-state index contributed by atoms with van der Waals surface area (Å²) in [5.74, 6) is 5.62. The van der Waals surface area contributed by atoms with Gasteiger partial charge in [0.05, 0.1) is 0 Å². The number of rotatable bonds is 3. The molecule has 0 aromatic carbocycles. The number of nitrogens with two attached hydrogens (primary N) is 2. The molecule has 1 rings (SSSR count). The van der Waals surface area contributed by atoms with Crippen molar-refractivity contribution in [1.29, 1.82) is 0 Å². The maximum absolute atomic E-state index is 11.2. The van der Waals surface area contributed by atoms with E-state index in [-0.39, 0.29) is 11.8 Å². The molecule has 64 valence electrons. The SMILES string of the molecule is NCCCC1CCN(N)C1=O. The fourth-order valence-corrected chi connectivity index (χ4v) is 1.40. The highest BCUT2D eigenvalue weighted by Gasteiger charge is 2.28. The van der Waals surface area contributed by atoms with E-state index in [1.54, 1.807) is 0 Å². The van der Waals surface area contributed by atoms with Gasteiger partial charge in [0.15, 0.2) is 0 Å². The Morgan fingerprint density at radius 1 is 1.64 bits per heavy atom. The number of carbonyl (C=O) groups is 1. The van der Waals surface area contributed by atoms with Crippen molar-refractivity contribution in [2.45, 2.75) is 19.3 Å². The molecule has 4 heteroatoms. The maximum atomic E-state index is 11.2. The van der Waals surface area contributed by atoms with Crippen molar-refractivity contribution >= 4 is 5.91 Å². The van der Waals surface area contributed by atoms with Crippen molar-refractivity contribution in [3.05, 3.63) is 0 Å². The number of hydrogen-bond acceptors (Lipinski definition) is 3. The molecule has 1 atom stereocenters. The predicted octanol–water partition coefficient (Wildman–Crippen LogP) is -0.552. The van der Waals surface area contributed by atoms with Gasteiger partial charge in [0.2, 0.25) is 5.91 Å². The largest absolute Gasteiger partial charge is 0.330 e. The smallest absolute Gasteiger partial charge is 0.239 e. The fraction of sp³-hybridized carbons (Fsp3) is 0.857. The molecule has 11 heavy (non-hydrogen) atoms. The molecule has 0 radical (unpaired) electrons. The van der Waals surface area contributed by atoms with E-state index < -0.39 is 0 Å². The summed E-state index contributed by atoms with van der Waals surface area (Å²) < 4.78 is 0. The highest BCUT2D eigenvalue weighted by molar-refractivity contribution is 5.80. The Hall–Kier alpha value is -0.610. The number of nitrogens with zero attached hydrogens (tertiary/aromatic N) is 1. The zero-order valence-corrected chi connectivity index (χ0v) is 6.62. The molecule has 1 aliphatic rings. The first-order chi connectivity index (χ1) is 5.25. The summed E-state index contributed by atoms with van der Waals surface area (Å²) in [7, 11) is 0. The van der Waals surface area contributed by atoms with Crippen molar-refractivity contribution in [2.24, 2.45) is 17.5 Å². The summed E-state index contributed by atoms with van der Waals surface area (Å²) in [4.78, 5) is 11.2. The second-order valence-corrected chi connectivity index (χ2v) is 2.95. The van der Waals surface area contributed by atoms with E-state index >= 15 is 0 Å². The van der Waals surface area contributed by atoms with Crippen molar-refractivity contribution in [2.75, 3.05) is 13.1 Å². The van der Waals surface area contributed by atoms with Gasteiger partial charge < -0.3 is 5.73 Å². The van der Waals surface area contributed by atoms with Gasteiger partial charge in [0.1, 0.15) is 0 Å². The molecule has 0 bridgehead atoms. The molecular weight excluding hydrogens is 142 g/mol. The average Bonchev–Trinajstić information content (AvgIpc) is 2.31. The molecule has 1 unspecified atom stereocenters. The van der Waals surface area contributed by atoms with Gasteiger partial charge in [0.25, 0.3) is 0 Å². The first-order valence-corrected chi connectivity index (χ1v) is 4.02. The van der Waals surface area contributed by atoms with E-state index in [0.717, 1.165) is 19.3 Å². The third-order valence-corrected chi connectivity index (χ3v) is 2.11. The van der Waals surface area contributed by atoms with Crippen LogP contribution >= 0.6 is 0 Å². The molecule has 4 nitrogen and oxygen atoms in total. The number of hydrazine groups is 1. The van der Waals surface area contributed by atoms with Crippen LogP contribution < -0.4 is 11.6 Å². The summed E-state index contributed by atoms with van der Waals surface area (Å²) >= 11 is 0. The molecule has 4 N–H and O–H groups in total. The van der Waals surface area contributed by atoms with Crippen LogP contribution in [0.25, 0.3) is 0 Å². The summed E-state index contributed by atoms with van der Waals surface area (Å²) in [6.07, 6.45) is 2.71. The number of hydrogen-bond donors (Lipinski definition) is 2. The van der Waals surface area contributed by atoms with Gasteiger partial charge in [-0.2, -0.15) is 0 Å². The first kappa shape index (κ1) is 8.49. The molecule has 1 fully saturated rings. The zero-order chi connectivity index (χ0) is 8.27. The lowest BCUT2D eigenvalue weighted by atomic mass is 10.0. The van der Waals surface area contributed by atoms with Gasteiger partial charge in [-0.1, -0.05) is 0 Å². The molecular formula is C7H15N3O. The monoisotopic (exact) mass is 157 g/mol. The minimum absolute atomic E-state index is 0.0819. The van der Waals surface area contributed by atoms with Crippen LogP contribution in [-0.2, 0) is 4.79 Å². The second-order valence-electron chi connectivity index (χ2n) is 2.95. The van der Waals surface area contributed by atoms with Crippen LogP contribution in [0.4, 0.5) is 0 Å². The standard InChI is InChI=1S/C7H15N3O/c8-4-1-2-6-3-5-10(9)7(6)11/h6H,1-5,8-9H2. The minimum Gasteiger partial charge on any atom is -0.330 e. The molecule has 1 amide bonds. The van der Waals surface area contributed by atoms with Gasteiger partial charge >= 0.3 is 0 Å². The van der Waals surface area contributed by atoms with Gasteiger partial charge in [-0.25, -0.2) is 5.84 Å². The van der Waals surface area contributed by atoms with E-state index in [0.29, 0.717) is 13.1 Å². The Balaban J connectivity index is 2.30. The van der Waals surface area contributed by atoms with Crippen molar-refractivity contribution in [3.8, 4) is 0 Å². The predicted molar refractivity (Wildman–Crippen MR) is 42.3 cm³/mol. The van der Waals surface area contributed by atoms with E-state index in [4.69, 9.17) is 11.6 Å². The lowest BCUT2D eigenvalue weighted by Crippen LogP contribution is -2.33. The summed E-state index contributed by atoms with van der Waals surface area (Å²) in [6.45, 7) is 1.36. The van der Waals surface area contributed by atoms with Gasteiger partial charge in [-0.15, -0.1) is 0 Å². The molecule has 0 aromatic heterocycles. The van der Waals surface area contributed by atoms with Gasteiger partial charge in [-0.05, 0) is 25.8 Å². The lowest BCUT2D eigenvalue weighted by molar-refractivity contribution is -0.131. The lowest BCUT2D eigenvalue weighted by Gasteiger charge is -2.08. The topological polar surface area (TPSA) is 72.3 Å². The second kappa shape index (κ2) is 3.69. The Labute approximate surface area is 66.5 Å². The third-order valence-electron chi connectivity index (χ3n) is 2.11. The van der Waals surface area contributed by atoms with Crippen LogP contribution in [0.2, 0.25) is 0 Å². The molecule has 1 heterocycles. The van der Waals surface area contributed by atoms with E-state index in [1.165, 1.54) is 5.01 Å². The summed E-state index contributed by atoms with van der Waals surface area (Å²) in [6, 6.07) is 0. The van der Waals surface area contributed by atoms with Crippen LogP contribution in [0.15, 0.2) is 0 Å². The van der Waals surface area contributed by atoms with E-state index in [2.05, 4.69) is 0 Å².